The lowest BCUT2D eigenvalue weighted by molar-refractivity contribution is 0.0388. The summed E-state index contributed by atoms with van der Waals surface area (Å²) in [7, 11) is 2.11. The first-order valence-electron chi connectivity index (χ1n) is 9.44. The fourth-order valence-corrected chi connectivity index (χ4v) is 4.99. The van der Waals surface area contributed by atoms with Crippen molar-refractivity contribution in [2.24, 2.45) is 0 Å². The van der Waals surface area contributed by atoms with E-state index in [0.717, 1.165) is 24.4 Å². The summed E-state index contributed by atoms with van der Waals surface area (Å²) in [5.41, 5.74) is 3.53. The second-order valence-electron chi connectivity index (χ2n) is 7.33. The number of fused-ring (bicyclic) bond motifs is 1. The minimum Gasteiger partial charge on any atom is -0.508 e. The average molecular weight is 388 g/mol. The molecule has 28 heavy (non-hydrogen) atoms. The van der Waals surface area contributed by atoms with Crippen LogP contribution in [0.15, 0.2) is 72.8 Å². The highest BCUT2D eigenvalue weighted by Gasteiger charge is 2.24. The van der Waals surface area contributed by atoms with Crippen molar-refractivity contribution in [2.45, 2.75) is 6.10 Å². The van der Waals surface area contributed by atoms with Crippen LogP contribution in [0.3, 0.4) is 0 Å². The van der Waals surface area contributed by atoms with Gasteiger partial charge in [0.15, 0.2) is 0 Å². The largest absolute Gasteiger partial charge is 0.508 e. The van der Waals surface area contributed by atoms with Gasteiger partial charge in [-0.1, -0.05) is 30.3 Å². The summed E-state index contributed by atoms with van der Waals surface area (Å²) in [6.45, 7) is 1.98. The number of likely N-dealkylation sites (tertiary alicyclic amines) is 1. The number of rotatable bonds is 4. The van der Waals surface area contributed by atoms with E-state index in [9.17, 15) is 5.11 Å². The van der Waals surface area contributed by atoms with Crippen LogP contribution in [-0.4, -0.2) is 36.2 Å². The van der Waals surface area contributed by atoms with Gasteiger partial charge in [-0.3, -0.25) is 4.90 Å². The number of hydrogen-bond acceptors (Lipinski definition) is 4. The third kappa shape index (κ3) is 3.15. The minimum atomic E-state index is 0.287. The van der Waals surface area contributed by atoms with Crippen LogP contribution in [0.2, 0.25) is 0 Å². The number of hydrogen-bond donors (Lipinski definition) is 1. The molecule has 0 bridgehead atoms. The molecule has 0 radical (unpaired) electrons. The summed E-state index contributed by atoms with van der Waals surface area (Å²) >= 11 is 1.79. The van der Waals surface area contributed by atoms with Gasteiger partial charge in [-0.25, -0.2) is 0 Å². The van der Waals surface area contributed by atoms with E-state index in [1.165, 1.54) is 26.1 Å². The zero-order chi connectivity index (χ0) is 19.1. The maximum absolute atomic E-state index is 9.66. The van der Waals surface area contributed by atoms with Crippen molar-refractivity contribution in [3.8, 4) is 33.1 Å². The van der Waals surface area contributed by atoms with Gasteiger partial charge < -0.3 is 9.84 Å². The first-order valence-corrected chi connectivity index (χ1v) is 10.3. The lowest BCUT2D eigenvalue weighted by atomic mass is 9.99. The second kappa shape index (κ2) is 6.97. The van der Waals surface area contributed by atoms with E-state index in [-0.39, 0.29) is 5.75 Å². The number of phenols is 1. The Labute approximate surface area is 168 Å². The molecular weight excluding hydrogens is 366 g/mol. The smallest absolute Gasteiger partial charge is 0.124 e. The molecule has 140 valence electrons. The Kier molecular flexibility index (Phi) is 4.30. The van der Waals surface area contributed by atoms with E-state index in [1.807, 2.05) is 12.1 Å². The molecule has 0 atom stereocenters. The van der Waals surface area contributed by atoms with Gasteiger partial charge >= 0.3 is 0 Å². The van der Waals surface area contributed by atoms with Crippen molar-refractivity contribution >= 4 is 21.4 Å². The maximum atomic E-state index is 9.66. The van der Waals surface area contributed by atoms with E-state index in [4.69, 9.17) is 4.74 Å². The van der Waals surface area contributed by atoms with Crippen molar-refractivity contribution in [3.05, 3.63) is 72.8 Å². The van der Waals surface area contributed by atoms with E-state index in [1.54, 1.807) is 23.5 Å². The normalized spacial score (nSPS) is 14.9. The average Bonchev–Trinajstić information content (AvgIpc) is 3.07. The third-order valence-electron chi connectivity index (χ3n) is 5.20. The highest BCUT2D eigenvalue weighted by Crippen LogP contribution is 2.45. The van der Waals surface area contributed by atoms with Gasteiger partial charge in [0, 0.05) is 33.6 Å². The molecule has 1 fully saturated rings. The van der Waals surface area contributed by atoms with Gasteiger partial charge in [0.1, 0.15) is 17.6 Å². The standard InChI is InChI=1S/C24H21NO2S/c1-25-14-20(15-25)27-19-12-8-16(9-13-19)23-21-4-2-3-5-22(21)28-24(23)17-6-10-18(26)11-7-17/h2-13,20,26H,14-15H2,1H3. The van der Waals surface area contributed by atoms with Crippen LogP contribution in [0, 0.1) is 0 Å². The third-order valence-corrected chi connectivity index (χ3v) is 6.42. The monoisotopic (exact) mass is 387 g/mol. The summed E-state index contributed by atoms with van der Waals surface area (Å²) in [5.74, 6) is 1.21. The predicted molar refractivity (Wildman–Crippen MR) is 116 cm³/mol. The van der Waals surface area contributed by atoms with Crippen molar-refractivity contribution in [2.75, 3.05) is 20.1 Å². The zero-order valence-electron chi connectivity index (χ0n) is 15.6. The van der Waals surface area contributed by atoms with Crippen LogP contribution in [0.4, 0.5) is 0 Å². The Hall–Kier alpha value is -2.82. The summed E-state index contributed by atoms with van der Waals surface area (Å²) < 4.78 is 7.30. The number of phenolic OH excluding ortho intramolecular Hbond substituents is 1. The first kappa shape index (κ1) is 17.3. The Morgan fingerprint density at radius 2 is 1.57 bits per heavy atom. The van der Waals surface area contributed by atoms with Crippen molar-refractivity contribution < 1.29 is 9.84 Å². The van der Waals surface area contributed by atoms with Gasteiger partial charge in [-0.15, -0.1) is 11.3 Å². The molecule has 5 rings (SSSR count). The lowest BCUT2D eigenvalue weighted by Gasteiger charge is -2.36. The second-order valence-corrected chi connectivity index (χ2v) is 8.39. The molecule has 3 nitrogen and oxygen atoms in total. The van der Waals surface area contributed by atoms with Gasteiger partial charge in [0.2, 0.25) is 0 Å². The Balaban J connectivity index is 1.55. The highest BCUT2D eigenvalue weighted by atomic mass is 32.1. The number of likely N-dealkylation sites (N-methyl/N-ethyl adjacent to an activating group) is 1. The fraction of sp³-hybridized carbons (Fsp3) is 0.167. The Morgan fingerprint density at radius 3 is 2.29 bits per heavy atom. The lowest BCUT2D eigenvalue weighted by Crippen LogP contribution is -2.51. The van der Waals surface area contributed by atoms with Crippen LogP contribution >= 0.6 is 11.3 Å². The number of ether oxygens (including phenoxy) is 1. The SMILES string of the molecule is CN1CC(Oc2ccc(-c3c(-c4ccc(O)cc4)sc4ccccc34)cc2)C1. The van der Waals surface area contributed by atoms with Crippen molar-refractivity contribution in [1.29, 1.82) is 0 Å². The first-order chi connectivity index (χ1) is 13.7. The van der Waals surface area contributed by atoms with E-state index < -0.39 is 0 Å². The summed E-state index contributed by atoms with van der Waals surface area (Å²) in [6.07, 6.45) is 0.297. The molecule has 1 aliphatic rings. The maximum Gasteiger partial charge on any atom is 0.124 e. The summed E-state index contributed by atoms with van der Waals surface area (Å²) in [5, 5.41) is 10.9. The van der Waals surface area contributed by atoms with E-state index in [0.29, 0.717) is 6.10 Å². The van der Waals surface area contributed by atoms with Crippen LogP contribution in [0.1, 0.15) is 0 Å². The van der Waals surface area contributed by atoms with E-state index >= 15 is 0 Å². The number of benzene rings is 3. The van der Waals surface area contributed by atoms with Gasteiger partial charge in [-0.05, 0) is 60.6 Å². The van der Waals surface area contributed by atoms with Crippen LogP contribution in [-0.2, 0) is 0 Å². The molecule has 0 aliphatic carbocycles. The molecule has 3 aromatic carbocycles. The molecule has 0 unspecified atom stereocenters. The number of aromatic hydroxyl groups is 1. The molecule has 4 heteroatoms. The highest BCUT2D eigenvalue weighted by molar-refractivity contribution is 7.23. The van der Waals surface area contributed by atoms with Crippen LogP contribution < -0.4 is 4.74 Å². The molecule has 1 aromatic heterocycles. The van der Waals surface area contributed by atoms with Crippen LogP contribution in [0.25, 0.3) is 31.7 Å². The number of thiophene rings is 1. The zero-order valence-corrected chi connectivity index (χ0v) is 16.4. The van der Waals surface area contributed by atoms with Crippen molar-refractivity contribution in [3.63, 3.8) is 0 Å². The van der Waals surface area contributed by atoms with E-state index in [2.05, 4.69) is 60.5 Å². The molecule has 1 N–H and O–H groups in total. The molecule has 0 saturated carbocycles. The molecule has 0 amide bonds. The van der Waals surface area contributed by atoms with Crippen LogP contribution in [0.5, 0.6) is 11.5 Å². The summed E-state index contributed by atoms with van der Waals surface area (Å²) in [6, 6.07) is 24.4. The van der Waals surface area contributed by atoms with Gasteiger partial charge in [0.05, 0.1) is 0 Å². The minimum absolute atomic E-state index is 0.287. The topological polar surface area (TPSA) is 32.7 Å². The van der Waals surface area contributed by atoms with Gasteiger partial charge in [-0.2, -0.15) is 0 Å². The summed E-state index contributed by atoms with van der Waals surface area (Å²) in [4.78, 5) is 3.47. The Morgan fingerprint density at radius 1 is 0.893 bits per heavy atom. The molecule has 4 aromatic rings. The quantitative estimate of drug-likeness (QED) is 0.492. The Bertz CT molecular complexity index is 1110. The molecule has 0 spiro atoms. The molecule has 1 saturated heterocycles. The molecule has 2 heterocycles. The molecule has 1 aliphatic heterocycles. The fourth-order valence-electron chi connectivity index (χ4n) is 3.76. The predicted octanol–water partition coefficient (Wildman–Crippen LogP) is 5.63. The van der Waals surface area contributed by atoms with Crippen molar-refractivity contribution in [1.82, 2.24) is 4.90 Å². The molecular formula is C24H21NO2S. The number of nitrogens with zero attached hydrogens (tertiary/aromatic N) is 1. The van der Waals surface area contributed by atoms with Gasteiger partial charge in [0.25, 0.3) is 0 Å².